The van der Waals surface area contributed by atoms with Crippen LogP contribution in [0.3, 0.4) is 0 Å². The van der Waals surface area contributed by atoms with Crippen LogP contribution in [0.25, 0.3) is 0 Å². The Balaban J connectivity index is 2.45. The van der Waals surface area contributed by atoms with Crippen molar-refractivity contribution in [2.24, 2.45) is 5.92 Å². The molecule has 0 saturated heterocycles. The van der Waals surface area contributed by atoms with Gasteiger partial charge in [0.2, 0.25) is 5.95 Å². The van der Waals surface area contributed by atoms with E-state index in [0.29, 0.717) is 6.04 Å². The number of imidazole rings is 1. The molecule has 3 nitrogen and oxygen atoms in total. The van der Waals surface area contributed by atoms with Gasteiger partial charge in [-0.15, -0.1) is 6.58 Å². The monoisotopic (exact) mass is 221 g/mol. The number of anilines is 1. The lowest BCUT2D eigenvalue weighted by Gasteiger charge is -2.16. The summed E-state index contributed by atoms with van der Waals surface area (Å²) in [6.07, 6.45) is 8.10. The van der Waals surface area contributed by atoms with E-state index in [1.807, 2.05) is 18.5 Å². The third kappa shape index (κ3) is 4.09. The predicted octanol–water partition coefficient (Wildman–Crippen LogP) is 3.31. The second-order valence-electron chi connectivity index (χ2n) is 4.71. The molecular formula is C13H23N3. The molecule has 0 aliphatic rings. The van der Waals surface area contributed by atoms with Gasteiger partial charge in [-0.3, -0.25) is 0 Å². The van der Waals surface area contributed by atoms with Crippen LogP contribution in [0.2, 0.25) is 0 Å². The second kappa shape index (κ2) is 6.36. The minimum Gasteiger partial charge on any atom is -0.353 e. The third-order valence-electron chi connectivity index (χ3n) is 2.59. The first-order chi connectivity index (χ1) is 7.63. The van der Waals surface area contributed by atoms with E-state index < -0.39 is 0 Å². The standard InChI is InChI=1S/C13H23N3/c1-5-9-16-10-8-14-13(16)15-12(4)7-6-11(2)3/h5,8,10-12H,1,6-7,9H2,2-4H3,(H,14,15). The fourth-order valence-electron chi connectivity index (χ4n) is 1.61. The lowest BCUT2D eigenvalue weighted by Crippen LogP contribution is -2.18. The van der Waals surface area contributed by atoms with Crippen molar-refractivity contribution in [1.29, 1.82) is 0 Å². The Morgan fingerprint density at radius 1 is 1.44 bits per heavy atom. The molecule has 90 valence electrons. The summed E-state index contributed by atoms with van der Waals surface area (Å²) >= 11 is 0. The molecule has 1 unspecified atom stereocenters. The summed E-state index contributed by atoms with van der Waals surface area (Å²) in [5.41, 5.74) is 0. The molecule has 3 heteroatoms. The van der Waals surface area contributed by atoms with Crippen molar-refractivity contribution >= 4 is 5.95 Å². The van der Waals surface area contributed by atoms with E-state index in [9.17, 15) is 0 Å². The van der Waals surface area contributed by atoms with E-state index in [2.05, 4.69) is 42.2 Å². The van der Waals surface area contributed by atoms with Gasteiger partial charge < -0.3 is 9.88 Å². The molecular weight excluding hydrogens is 198 g/mol. The first kappa shape index (κ1) is 12.8. The third-order valence-corrected chi connectivity index (χ3v) is 2.59. The highest BCUT2D eigenvalue weighted by molar-refractivity contribution is 5.27. The summed E-state index contributed by atoms with van der Waals surface area (Å²) in [4.78, 5) is 4.31. The van der Waals surface area contributed by atoms with Gasteiger partial charge in [-0.05, 0) is 25.7 Å². The minimum atomic E-state index is 0.466. The van der Waals surface area contributed by atoms with Crippen molar-refractivity contribution in [3.05, 3.63) is 25.0 Å². The lowest BCUT2D eigenvalue weighted by atomic mass is 10.0. The van der Waals surface area contributed by atoms with Crippen molar-refractivity contribution in [2.45, 2.75) is 46.2 Å². The topological polar surface area (TPSA) is 29.9 Å². The van der Waals surface area contributed by atoms with Gasteiger partial charge in [-0.1, -0.05) is 19.9 Å². The molecule has 1 atom stereocenters. The first-order valence-corrected chi connectivity index (χ1v) is 6.02. The Labute approximate surface area is 98.6 Å². The molecule has 1 aromatic heterocycles. The molecule has 1 aromatic rings. The molecule has 0 radical (unpaired) electrons. The van der Waals surface area contributed by atoms with E-state index >= 15 is 0 Å². The molecule has 0 amide bonds. The van der Waals surface area contributed by atoms with Crippen LogP contribution in [0.5, 0.6) is 0 Å². The highest BCUT2D eigenvalue weighted by atomic mass is 15.2. The normalized spacial score (nSPS) is 12.8. The van der Waals surface area contributed by atoms with Crippen LogP contribution in [-0.2, 0) is 6.54 Å². The van der Waals surface area contributed by atoms with Crippen LogP contribution < -0.4 is 5.32 Å². The van der Waals surface area contributed by atoms with Crippen LogP contribution in [0.1, 0.15) is 33.6 Å². The number of nitrogens with zero attached hydrogens (tertiary/aromatic N) is 2. The lowest BCUT2D eigenvalue weighted by molar-refractivity contribution is 0.525. The van der Waals surface area contributed by atoms with Crippen molar-refractivity contribution < 1.29 is 0 Å². The summed E-state index contributed by atoms with van der Waals surface area (Å²) in [5, 5.41) is 3.43. The van der Waals surface area contributed by atoms with Crippen LogP contribution in [0.4, 0.5) is 5.95 Å². The zero-order chi connectivity index (χ0) is 12.0. The fraction of sp³-hybridized carbons (Fsp3) is 0.615. The average molecular weight is 221 g/mol. The van der Waals surface area contributed by atoms with Gasteiger partial charge >= 0.3 is 0 Å². The number of allylic oxidation sites excluding steroid dienone is 1. The van der Waals surface area contributed by atoms with Gasteiger partial charge in [0.15, 0.2) is 0 Å². The molecule has 1 N–H and O–H groups in total. The molecule has 0 aliphatic carbocycles. The molecule has 0 aromatic carbocycles. The Kier molecular flexibility index (Phi) is 5.09. The number of aromatic nitrogens is 2. The highest BCUT2D eigenvalue weighted by Gasteiger charge is 2.07. The maximum Gasteiger partial charge on any atom is 0.203 e. The van der Waals surface area contributed by atoms with E-state index in [-0.39, 0.29) is 0 Å². The van der Waals surface area contributed by atoms with Crippen molar-refractivity contribution in [3.8, 4) is 0 Å². The summed E-state index contributed by atoms with van der Waals surface area (Å²) in [6, 6.07) is 0.466. The van der Waals surface area contributed by atoms with Crippen LogP contribution >= 0.6 is 0 Å². The number of nitrogens with one attached hydrogen (secondary N) is 1. The number of hydrogen-bond acceptors (Lipinski definition) is 2. The molecule has 0 saturated carbocycles. The van der Waals surface area contributed by atoms with Crippen molar-refractivity contribution in [3.63, 3.8) is 0 Å². The smallest absolute Gasteiger partial charge is 0.203 e. The zero-order valence-electron chi connectivity index (χ0n) is 10.6. The van der Waals surface area contributed by atoms with Gasteiger partial charge in [-0.25, -0.2) is 4.98 Å². The summed E-state index contributed by atoms with van der Waals surface area (Å²) < 4.78 is 2.07. The Hall–Kier alpha value is -1.25. The Bertz CT molecular complexity index is 315. The predicted molar refractivity (Wildman–Crippen MR) is 69.6 cm³/mol. The van der Waals surface area contributed by atoms with Gasteiger partial charge in [0.05, 0.1) is 0 Å². The van der Waals surface area contributed by atoms with E-state index in [1.165, 1.54) is 12.8 Å². The molecule has 1 rings (SSSR count). The van der Waals surface area contributed by atoms with Crippen molar-refractivity contribution in [2.75, 3.05) is 5.32 Å². The Morgan fingerprint density at radius 3 is 2.81 bits per heavy atom. The summed E-state index contributed by atoms with van der Waals surface area (Å²) in [6.45, 7) is 11.3. The van der Waals surface area contributed by atoms with Gasteiger partial charge in [0, 0.05) is 25.0 Å². The number of rotatable bonds is 7. The molecule has 0 spiro atoms. The van der Waals surface area contributed by atoms with E-state index in [0.717, 1.165) is 18.4 Å². The van der Waals surface area contributed by atoms with Gasteiger partial charge in [0.25, 0.3) is 0 Å². The zero-order valence-corrected chi connectivity index (χ0v) is 10.6. The maximum atomic E-state index is 4.31. The molecule has 1 heterocycles. The van der Waals surface area contributed by atoms with Crippen molar-refractivity contribution in [1.82, 2.24) is 9.55 Å². The maximum absolute atomic E-state index is 4.31. The van der Waals surface area contributed by atoms with Gasteiger partial charge in [0.1, 0.15) is 0 Å². The average Bonchev–Trinajstić information content (AvgIpc) is 2.63. The Morgan fingerprint density at radius 2 is 2.19 bits per heavy atom. The SMILES string of the molecule is C=CCn1ccnc1NC(C)CCC(C)C. The fourth-order valence-corrected chi connectivity index (χ4v) is 1.61. The highest BCUT2D eigenvalue weighted by Crippen LogP contribution is 2.11. The summed E-state index contributed by atoms with van der Waals surface area (Å²) in [5.74, 6) is 1.70. The molecule has 0 fully saturated rings. The van der Waals surface area contributed by atoms with E-state index in [1.54, 1.807) is 0 Å². The molecule has 0 bridgehead atoms. The minimum absolute atomic E-state index is 0.466. The van der Waals surface area contributed by atoms with Crippen LogP contribution in [0.15, 0.2) is 25.0 Å². The second-order valence-corrected chi connectivity index (χ2v) is 4.71. The first-order valence-electron chi connectivity index (χ1n) is 6.02. The van der Waals surface area contributed by atoms with Crippen LogP contribution in [0, 0.1) is 5.92 Å². The molecule has 0 aliphatic heterocycles. The number of hydrogen-bond donors (Lipinski definition) is 1. The van der Waals surface area contributed by atoms with E-state index in [4.69, 9.17) is 0 Å². The molecule has 16 heavy (non-hydrogen) atoms. The van der Waals surface area contributed by atoms with Gasteiger partial charge in [-0.2, -0.15) is 0 Å². The summed E-state index contributed by atoms with van der Waals surface area (Å²) in [7, 11) is 0. The largest absolute Gasteiger partial charge is 0.353 e. The van der Waals surface area contributed by atoms with Crippen LogP contribution in [-0.4, -0.2) is 15.6 Å². The quantitative estimate of drug-likeness (QED) is 0.716.